The number of hydrogen-bond donors (Lipinski definition) is 0. The van der Waals surface area contributed by atoms with Crippen molar-refractivity contribution in [3.05, 3.63) is 243 Å². The third-order valence-corrected chi connectivity index (χ3v) is 13.6. The Morgan fingerprint density at radius 3 is 1.65 bits per heavy atom. The van der Waals surface area contributed by atoms with Gasteiger partial charge >= 0.3 is 0 Å². The molecule has 12 aromatic rings. The summed E-state index contributed by atoms with van der Waals surface area (Å²) in [6, 6.07) is 88.4. The van der Waals surface area contributed by atoms with Crippen LogP contribution < -0.4 is 4.90 Å². The summed E-state index contributed by atoms with van der Waals surface area (Å²) in [5.74, 6) is 0. The second-order valence-electron chi connectivity index (χ2n) is 16.1. The molecule has 0 aliphatic heterocycles. The van der Waals surface area contributed by atoms with Crippen LogP contribution >= 0.6 is 11.3 Å². The minimum Gasteiger partial charge on any atom is -0.310 e. The van der Waals surface area contributed by atoms with Crippen LogP contribution in [0.2, 0.25) is 0 Å². The third kappa shape index (κ3) is 6.41. The lowest BCUT2D eigenvalue weighted by Gasteiger charge is -2.27. The minimum atomic E-state index is 1.08. The van der Waals surface area contributed by atoms with Crippen LogP contribution in [-0.4, -0.2) is 4.57 Å². The van der Waals surface area contributed by atoms with E-state index < -0.39 is 0 Å². The highest BCUT2D eigenvalue weighted by Crippen LogP contribution is 2.46. The molecule has 63 heavy (non-hydrogen) atoms. The summed E-state index contributed by atoms with van der Waals surface area (Å²) in [7, 11) is 0. The first-order valence-electron chi connectivity index (χ1n) is 21.5. The van der Waals surface area contributed by atoms with Gasteiger partial charge in [-0.15, -0.1) is 11.3 Å². The molecule has 12 rings (SSSR count). The highest BCUT2D eigenvalue weighted by Gasteiger charge is 2.21. The first kappa shape index (κ1) is 36.8. The van der Waals surface area contributed by atoms with Gasteiger partial charge in [-0.3, -0.25) is 0 Å². The Balaban J connectivity index is 1.05. The van der Waals surface area contributed by atoms with E-state index in [1.807, 2.05) is 11.3 Å². The molecule has 0 bridgehead atoms. The molecule has 0 amide bonds. The minimum absolute atomic E-state index is 1.08. The zero-order chi connectivity index (χ0) is 41.7. The molecule has 2 nitrogen and oxygen atoms in total. The van der Waals surface area contributed by atoms with Crippen LogP contribution in [0.4, 0.5) is 17.1 Å². The fourth-order valence-electron chi connectivity index (χ4n) is 9.54. The van der Waals surface area contributed by atoms with Gasteiger partial charge in [0.25, 0.3) is 0 Å². The maximum atomic E-state index is 2.44. The van der Waals surface area contributed by atoms with Crippen molar-refractivity contribution in [3.8, 4) is 50.2 Å². The molecule has 2 aromatic heterocycles. The van der Waals surface area contributed by atoms with Crippen molar-refractivity contribution in [2.24, 2.45) is 0 Å². The molecule has 0 unspecified atom stereocenters. The topological polar surface area (TPSA) is 8.17 Å². The Morgan fingerprint density at radius 2 is 0.857 bits per heavy atom. The van der Waals surface area contributed by atoms with Crippen molar-refractivity contribution in [1.82, 2.24) is 4.57 Å². The van der Waals surface area contributed by atoms with Gasteiger partial charge in [-0.1, -0.05) is 182 Å². The molecule has 0 spiro atoms. The molecule has 0 atom stereocenters. The van der Waals surface area contributed by atoms with Crippen LogP contribution in [-0.2, 0) is 0 Å². The number of anilines is 3. The largest absolute Gasteiger partial charge is 0.310 e. The number of aromatic nitrogens is 1. The first-order chi connectivity index (χ1) is 31.3. The van der Waals surface area contributed by atoms with Gasteiger partial charge in [0, 0.05) is 59.3 Å². The Hall–Kier alpha value is -7.98. The lowest BCUT2D eigenvalue weighted by Crippen LogP contribution is -2.10. The monoisotopic (exact) mass is 820 g/mol. The fraction of sp³-hybridized carbons (Fsp3) is 0. The highest BCUT2D eigenvalue weighted by atomic mass is 32.1. The van der Waals surface area contributed by atoms with Gasteiger partial charge in [-0.2, -0.15) is 0 Å². The quantitative estimate of drug-likeness (QED) is 0.148. The average Bonchev–Trinajstić information content (AvgIpc) is 3.91. The number of fused-ring (bicyclic) bond motifs is 6. The zero-order valence-electron chi connectivity index (χ0n) is 34.4. The van der Waals surface area contributed by atoms with E-state index in [-0.39, 0.29) is 0 Å². The van der Waals surface area contributed by atoms with Crippen LogP contribution in [0.5, 0.6) is 0 Å². The second-order valence-corrected chi connectivity index (χ2v) is 17.1. The molecule has 0 saturated heterocycles. The van der Waals surface area contributed by atoms with Gasteiger partial charge in [0.1, 0.15) is 0 Å². The van der Waals surface area contributed by atoms with E-state index in [2.05, 4.69) is 252 Å². The first-order valence-corrected chi connectivity index (χ1v) is 22.3. The molecule has 0 fully saturated rings. The van der Waals surface area contributed by atoms with Crippen molar-refractivity contribution in [3.63, 3.8) is 0 Å². The standard InChI is InChI=1S/C60H40N2S/c1-4-18-41(19-5-1)48-26-10-11-27-49(48)43-22-16-25-45(38-43)62-57-32-14-12-28-51(57)52-37-35-47(40-58(52)62)61(44-23-8-3-9-24-44)46-34-36-50(56(39-46)42-20-6-2-7-21-42)54-30-17-31-55-53-29-13-15-33-59(53)63-60(54)55/h1-40H. The van der Waals surface area contributed by atoms with Gasteiger partial charge in [-0.25, -0.2) is 0 Å². The van der Waals surface area contributed by atoms with Gasteiger partial charge in [0.15, 0.2) is 0 Å². The molecule has 0 saturated carbocycles. The Morgan fingerprint density at radius 1 is 0.302 bits per heavy atom. The summed E-state index contributed by atoms with van der Waals surface area (Å²) in [6.45, 7) is 0. The SMILES string of the molecule is c1ccc(-c2ccccc2-c2cccc(-n3c4ccccc4c4ccc(N(c5ccccc5)c5ccc(-c6cccc7c6sc6ccccc67)c(-c6ccccc6)c5)cc43)c2)cc1. The summed E-state index contributed by atoms with van der Waals surface area (Å²) < 4.78 is 5.06. The van der Waals surface area contributed by atoms with Gasteiger partial charge in [-0.05, 0) is 99.6 Å². The predicted octanol–water partition coefficient (Wildman–Crippen LogP) is 17.3. The maximum Gasteiger partial charge on any atom is 0.0561 e. The number of para-hydroxylation sites is 2. The molecular weight excluding hydrogens is 781 g/mol. The van der Waals surface area contributed by atoms with E-state index in [4.69, 9.17) is 0 Å². The third-order valence-electron chi connectivity index (χ3n) is 12.4. The van der Waals surface area contributed by atoms with Crippen LogP contribution in [0.3, 0.4) is 0 Å². The highest BCUT2D eigenvalue weighted by molar-refractivity contribution is 7.26. The molecule has 3 heteroatoms. The van der Waals surface area contributed by atoms with Crippen molar-refractivity contribution in [2.45, 2.75) is 0 Å². The Labute approximate surface area is 370 Å². The molecule has 10 aromatic carbocycles. The van der Waals surface area contributed by atoms with Gasteiger partial charge in [0.2, 0.25) is 0 Å². The number of rotatable bonds is 8. The predicted molar refractivity (Wildman–Crippen MR) is 270 cm³/mol. The van der Waals surface area contributed by atoms with E-state index in [0.717, 1.165) is 28.3 Å². The summed E-state index contributed by atoms with van der Waals surface area (Å²) in [5.41, 5.74) is 16.4. The molecule has 0 aliphatic carbocycles. The molecule has 2 heterocycles. The van der Waals surface area contributed by atoms with E-state index in [9.17, 15) is 0 Å². The summed E-state index contributed by atoms with van der Waals surface area (Å²) in [4.78, 5) is 2.41. The molecule has 0 N–H and O–H groups in total. The average molecular weight is 821 g/mol. The van der Waals surface area contributed by atoms with Crippen molar-refractivity contribution < 1.29 is 0 Å². The van der Waals surface area contributed by atoms with Crippen LogP contribution in [0.25, 0.3) is 92.2 Å². The molecule has 0 aliphatic rings. The van der Waals surface area contributed by atoms with Crippen molar-refractivity contribution in [2.75, 3.05) is 4.90 Å². The normalized spacial score (nSPS) is 11.5. The lowest BCUT2D eigenvalue weighted by atomic mass is 9.92. The summed E-state index contributed by atoms with van der Waals surface area (Å²) >= 11 is 1.88. The number of nitrogens with zero attached hydrogens (tertiary/aromatic N) is 2. The van der Waals surface area contributed by atoms with Crippen molar-refractivity contribution in [1.29, 1.82) is 0 Å². The molecule has 0 radical (unpaired) electrons. The summed E-state index contributed by atoms with van der Waals surface area (Å²) in [5, 5.41) is 5.06. The van der Waals surface area contributed by atoms with Crippen molar-refractivity contribution >= 4 is 70.4 Å². The van der Waals surface area contributed by atoms with Crippen LogP contribution in [0.15, 0.2) is 243 Å². The number of hydrogen-bond acceptors (Lipinski definition) is 2. The maximum absolute atomic E-state index is 2.44. The van der Waals surface area contributed by atoms with Crippen LogP contribution in [0.1, 0.15) is 0 Å². The number of thiophene rings is 1. The van der Waals surface area contributed by atoms with Gasteiger partial charge in [0.05, 0.1) is 11.0 Å². The van der Waals surface area contributed by atoms with E-state index in [0.29, 0.717) is 0 Å². The number of benzene rings is 10. The van der Waals surface area contributed by atoms with E-state index in [1.54, 1.807) is 0 Å². The molecular formula is C60H40N2S. The van der Waals surface area contributed by atoms with Crippen LogP contribution in [0, 0.1) is 0 Å². The zero-order valence-corrected chi connectivity index (χ0v) is 35.2. The molecule has 296 valence electrons. The fourth-order valence-corrected chi connectivity index (χ4v) is 10.8. The smallest absolute Gasteiger partial charge is 0.0561 e. The Kier molecular flexibility index (Phi) is 9.06. The van der Waals surface area contributed by atoms with E-state index in [1.165, 1.54) is 81.0 Å². The lowest BCUT2D eigenvalue weighted by molar-refractivity contribution is 1.18. The Bertz CT molecular complexity index is 3620. The second kappa shape index (κ2) is 15.5. The summed E-state index contributed by atoms with van der Waals surface area (Å²) in [6.07, 6.45) is 0. The van der Waals surface area contributed by atoms with Gasteiger partial charge < -0.3 is 9.47 Å². The van der Waals surface area contributed by atoms with E-state index >= 15 is 0 Å².